The van der Waals surface area contributed by atoms with Crippen molar-refractivity contribution in [2.45, 2.75) is 13.0 Å². The van der Waals surface area contributed by atoms with Crippen molar-refractivity contribution in [2.24, 2.45) is 5.73 Å². The second kappa shape index (κ2) is 9.24. The molecule has 2 amide bonds. The van der Waals surface area contributed by atoms with Crippen LogP contribution < -0.4 is 15.2 Å². The monoisotopic (exact) mass is 420 g/mol. The van der Waals surface area contributed by atoms with Crippen LogP contribution in [-0.4, -0.2) is 37.5 Å². The van der Waals surface area contributed by atoms with Crippen LogP contribution in [0.2, 0.25) is 0 Å². The van der Waals surface area contributed by atoms with Crippen LogP contribution in [0.25, 0.3) is 0 Å². The Balaban J connectivity index is 2.34. The van der Waals surface area contributed by atoms with E-state index in [0.717, 1.165) is 5.56 Å². The van der Waals surface area contributed by atoms with Crippen molar-refractivity contribution < 1.29 is 19.1 Å². The van der Waals surface area contributed by atoms with Crippen LogP contribution in [0.3, 0.4) is 0 Å². The third-order valence-corrected chi connectivity index (χ3v) is 4.61. The number of nitrogens with two attached hydrogens (primary N) is 1. The third-order valence-electron chi connectivity index (χ3n) is 3.82. The zero-order chi connectivity index (χ0) is 19.1. The molecule has 0 aromatic heterocycles. The first kappa shape index (κ1) is 19.8. The maximum Gasteiger partial charge on any atom is 0.254 e. The van der Waals surface area contributed by atoms with E-state index in [2.05, 4.69) is 15.9 Å². The molecular weight excluding hydrogens is 400 g/mol. The normalized spacial score (nSPS) is 10.3. The molecule has 6 nitrogen and oxygen atoms in total. The van der Waals surface area contributed by atoms with Gasteiger partial charge in [-0.25, -0.2) is 0 Å². The molecular formula is C19H21BrN2O4. The topological polar surface area (TPSA) is 81.9 Å². The van der Waals surface area contributed by atoms with Gasteiger partial charge in [0.2, 0.25) is 5.91 Å². The first-order chi connectivity index (χ1) is 12.5. The lowest BCUT2D eigenvalue weighted by atomic mass is 10.1. The Kier molecular flexibility index (Phi) is 7.03. The van der Waals surface area contributed by atoms with E-state index in [-0.39, 0.29) is 18.9 Å². The fourth-order valence-electron chi connectivity index (χ4n) is 2.48. The largest absolute Gasteiger partial charge is 0.495 e. The predicted molar refractivity (Wildman–Crippen MR) is 102 cm³/mol. The molecule has 0 heterocycles. The van der Waals surface area contributed by atoms with Crippen molar-refractivity contribution >= 4 is 27.7 Å². The van der Waals surface area contributed by atoms with E-state index in [4.69, 9.17) is 15.2 Å². The standard InChI is InChI=1S/C19H21BrN2O4/c1-25-15-10-14(11-16(26-2)18(15)20)19(24)22(9-8-17(21)23)12-13-6-4-3-5-7-13/h3-7,10-11H,8-9,12H2,1-2H3,(H2,21,23). The molecule has 0 spiro atoms. The molecule has 0 fully saturated rings. The maximum absolute atomic E-state index is 13.1. The van der Waals surface area contributed by atoms with E-state index >= 15 is 0 Å². The van der Waals surface area contributed by atoms with Crippen LogP contribution in [0.4, 0.5) is 0 Å². The first-order valence-corrected chi connectivity index (χ1v) is 8.78. The van der Waals surface area contributed by atoms with E-state index in [1.54, 1.807) is 17.0 Å². The molecule has 0 bridgehead atoms. The second-order valence-electron chi connectivity index (χ2n) is 5.62. The minimum Gasteiger partial charge on any atom is -0.495 e. The summed E-state index contributed by atoms with van der Waals surface area (Å²) in [5.41, 5.74) is 6.63. The van der Waals surface area contributed by atoms with Gasteiger partial charge in [0.1, 0.15) is 16.0 Å². The van der Waals surface area contributed by atoms with E-state index < -0.39 is 5.91 Å². The lowest BCUT2D eigenvalue weighted by Gasteiger charge is -2.23. The summed E-state index contributed by atoms with van der Waals surface area (Å²) in [5.74, 6) is 0.283. The van der Waals surface area contributed by atoms with Crippen molar-refractivity contribution in [2.75, 3.05) is 20.8 Å². The van der Waals surface area contributed by atoms with Gasteiger partial charge >= 0.3 is 0 Å². The average Bonchev–Trinajstić information content (AvgIpc) is 2.65. The van der Waals surface area contributed by atoms with Crippen LogP contribution in [0.15, 0.2) is 46.9 Å². The molecule has 2 rings (SSSR count). The molecule has 0 aliphatic rings. The summed E-state index contributed by atoms with van der Waals surface area (Å²) in [7, 11) is 3.03. The van der Waals surface area contributed by atoms with Gasteiger partial charge < -0.3 is 20.1 Å². The summed E-state index contributed by atoms with van der Waals surface area (Å²) in [6.45, 7) is 0.595. The quantitative estimate of drug-likeness (QED) is 0.711. The number of rotatable bonds is 8. The number of amides is 2. The minimum absolute atomic E-state index is 0.0867. The Morgan fingerprint density at radius 2 is 1.65 bits per heavy atom. The molecule has 7 heteroatoms. The van der Waals surface area contributed by atoms with Crippen molar-refractivity contribution in [1.29, 1.82) is 0 Å². The predicted octanol–water partition coefficient (Wildman–Crippen LogP) is 2.98. The van der Waals surface area contributed by atoms with Crippen LogP contribution in [0.5, 0.6) is 11.5 Å². The van der Waals surface area contributed by atoms with Gasteiger partial charge in [-0.15, -0.1) is 0 Å². The minimum atomic E-state index is -0.457. The van der Waals surface area contributed by atoms with Crippen LogP contribution in [-0.2, 0) is 11.3 Å². The third kappa shape index (κ3) is 4.98. The number of carbonyl (C=O) groups is 2. The highest BCUT2D eigenvalue weighted by Gasteiger charge is 2.20. The zero-order valence-corrected chi connectivity index (χ0v) is 16.3. The Bertz CT molecular complexity index is 755. The van der Waals surface area contributed by atoms with Gasteiger partial charge in [0, 0.05) is 25.1 Å². The van der Waals surface area contributed by atoms with Crippen molar-refractivity contribution in [3.8, 4) is 11.5 Å². The number of ether oxygens (including phenoxy) is 2. The molecule has 0 aliphatic carbocycles. The molecule has 0 atom stereocenters. The average molecular weight is 421 g/mol. The molecule has 2 N–H and O–H groups in total. The van der Waals surface area contributed by atoms with Crippen molar-refractivity contribution in [3.63, 3.8) is 0 Å². The first-order valence-electron chi connectivity index (χ1n) is 7.99. The molecule has 0 aliphatic heterocycles. The maximum atomic E-state index is 13.1. The highest BCUT2D eigenvalue weighted by atomic mass is 79.9. The van der Waals surface area contributed by atoms with E-state index in [0.29, 0.717) is 28.1 Å². The highest BCUT2D eigenvalue weighted by Crippen LogP contribution is 2.36. The fourth-order valence-corrected chi connectivity index (χ4v) is 3.03. The number of hydrogen-bond acceptors (Lipinski definition) is 4. The summed E-state index contributed by atoms with van der Waals surface area (Å²) < 4.78 is 11.2. The van der Waals surface area contributed by atoms with Gasteiger partial charge in [-0.3, -0.25) is 9.59 Å². The molecule has 0 saturated carbocycles. The number of nitrogens with zero attached hydrogens (tertiary/aromatic N) is 1. The van der Waals surface area contributed by atoms with Crippen molar-refractivity contribution in [1.82, 2.24) is 4.90 Å². The van der Waals surface area contributed by atoms with Crippen LogP contribution in [0, 0.1) is 0 Å². The number of hydrogen-bond donors (Lipinski definition) is 1. The molecule has 26 heavy (non-hydrogen) atoms. The van der Waals surface area contributed by atoms with Gasteiger partial charge in [0.05, 0.1) is 14.2 Å². The molecule has 0 unspecified atom stereocenters. The fraction of sp³-hybridized carbons (Fsp3) is 0.263. The molecule has 138 valence electrons. The summed E-state index contributed by atoms with van der Waals surface area (Å²) in [6.07, 6.45) is 0.0867. The summed E-state index contributed by atoms with van der Waals surface area (Å²) >= 11 is 3.39. The highest BCUT2D eigenvalue weighted by molar-refractivity contribution is 9.10. The number of halogens is 1. The molecule has 0 radical (unpaired) electrons. The van der Waals surface area contributed by atoms with Gasteiger partial charge in [-0.05, 0) is 33.6 Å². The number of benzene rings is 2. The smallest absolute Gasteiger partial charge is 0.254 e. The van der Waals surface area contributed by atoms with Crippen molar-refractivity contribution in [3.05, 3.63) is 58.1 Å². The number of primary amides is 1. The van der Waals surface area contributed by atoms with Gasteiger partial charge in [-0.1, -0.05) is 30.3 Å². The summed E-state index contributed by atoms with van der Waals surface area (Å²) in [6, 6.07) is 12.8. The summed E-state index contributed by atoms with van der Waals surface area (Å²) in [5, 5.41) is 0. The lowest BCUT2D eigenvalue weighted by molar-refractivity contribution is -0.118. The Labute approximate surface area is 161 Å². The van der Waals surface area contributed by atoms with Gasteiger partial charge in [-0.2, -0.15) is 0 Å². The Morgan fingerprint density at radius 1 is 1.08 bits per heavy atom. The SMILES string of the molecule is COc1cc(C(=O)N(CCC(N)=O)Cc2ccccc2)cc(OC)c1Br. The lowest BCUT2D eigenvalue weighted by Crippen LogP contribution is -2.33. The second-order valence-corrected chi connectivity index (χ2v) is 6.42. The Hall–Kier alpha value is -2.54. The van der Waals surface area contributed by atoms with E-state index in [1.165, 1.54) is 14.2 Å². The van der Waals surface area contributed by atoms with E-state index in [1.807, 2.05) is 30.3 Å². The molecule has 2 aromatic rings. The zero-order valence-electron chi connectivity index (χ0n) is 14.7. The van der Waals surface area contributed by atoms with Crippen LogP contribution in [0.1, 0.15) is 22.3 Å². The molecule has 2 aromatic carbocycles. The van der Waals surface area contributed by atoms with E-state index in [9.17, 15) is 9.59 Å². The number of methoxy groups -OCH3 is 2. The molecule has 0 saturated heterocycles. The summed E-state index contributed by atoms with van der Waals surface area (Å²) in [4.78, 5) is 25.8. The number of carbonyl (C=O) groups excluding carboxylic acids is 2. The Morgan fingerprint density at radius 3 is 2.15 bits per heavy atom. The van der Waals surface area contributed by atoms with Gasteiger partial charge in [0.15, 0.2) is 0 Å². The van der Waals surface area contributed by atoms with Gasteiger partial charge in [0.25, 0.3) is 5.91 Å². The van der Waals surface area contributed by atoms with Crippen LogP contribution >= 0.6 is 15.9 Å².